The minimum atomic E-state index is 0.306. The number of rotatable bonds is 3. The zero-order valence-corrected chi connectivity index (χ0v) is 12.4. The Balaban J connectivity index is 2.10. The summed E-state index contributed by atoms with van der Waals surface area (Å²) < 4.78 is 1.99. The Morgan fingerprint density at radius 3 is 2.76 bits per heavy atom. The molecule has 3 heterocycles. The van der Waals surface area contributed by atoms with Crippen molar-refractivity contribution >= 4 is 17.0 Å². The van der Waals surface area contributed by atoms with E-state index < -0.39 is 0 Å². The number of nitrogen functional groups attached to an aromatic ring is 1. The van der Waals surface area contributed by atoms with Crippen LogP contribution in [0.15, 0.2) is 24.7 Å². The van der Waals surface area contributed by atoms with E-state index in [0.29, 0.717) is 18.3 Å². The van der Waals surface area contributed by atoms with Crippen molar-refractivity contribution in [3.8, 4) is 0 Å². The van der Waals surface area contributed by atoms with Gasteiger partial charge in [-0.25, -0.2) is 19.9 Å². The second kappa shape index (κ2) is 5.12. The van der Waals surface area contributed by atoms with Crippen LogP contribution in [-0.2, 0) is 6.54 Å². The molecular weight excluding hydrogens is 264 g/mol. The Morgan fingerprint density at radius 2 is 2.05 bits per heavy atom. The lowest BCUT2D eigenvalue weighted by atomic mass is 10.1. The molecule has 0 aliphatic rings. The predicted molar refractivity (Wildman–Crippen MR) is 81.9 cm³/mol. The Labute approximate surface area is 123 Å². The molecule has 6 heteroatoms. The maximum atomic E-state index is 5.91. The summed E-state index contributed by atoms with van der Waals surface area (Å²) in [5.74, 6) is 1.60. The highest BCUT2D eigenvalue weighted by Gasteiger charge is 2.14. The lowest BCUT2D eigenvalue weighted by Gasteiger charge is -2.09. The van der Waals surface area contributed by atoms with Gasteiger partial charge in [-0.1, -0.05) is 19.9 Å². The topological polar surface area (TPSA) is 82.5 Å². The number of aryl methyl sites for hydroxylation is 1. The Bertz CT molecular complexity index is 790. The third-order valence-corrected chi connectivity index (χ3v) is 3.42. The molecule has 3 aromatic heterocycles. The molecule has 108 valence electrons. The Hall–Kier alpha value is -2.50. The number of pyridine rings is 1. The monoisotopic (exact) mass is 282 g/mol. The first kappa shape index (κ1) is 13.5. The Kier molecular flexibility index (Phi) is 3.29. The summed E-state index contributed by atoms with van der Waals surface area (Å²) in [5.41, 5.74) is 9.55. The van der Waals surface area contributed by atoms with Crippen LogP contribution in [0.5, 0.6) is 0 Å². The van der Waals surface area contributed by atoms with Crippen molar-refractivity contribution in [2.45, 2.75) is 33.2 Å². The summed E-state index contributed by atoms with van der Waals surface area (Å²) >= 11 is 0. The van der Waals surface area contributed by atoms with Crippen LogP contribution in [0.25, 0.3) is 11.2 Å². The summed E-state index contributed by atoms with van der Waals surface area (Å²) in [6.07, 6.45) is 3.48. The lowest BCUT2D eigenvalue weighted by Crippen LogP contribution is -2.06. The van der Waals surface area contributed by atoms with Gasteiger partial charge in [0.25, 0.3) is 0 Å². The van der Waals surface area contributed by atoms with E-state index in [0.717, 1.165) is 28.2 Å². The molecule has 0 amide bonds. The summed E-state index contributed by atoms with van der Waals surface area (Å²) in [7, 11) is 0. The second-order valence-electron chi connectivity index (χ2n) is 5.40. The van der Waals surface area contributed by atoms with Crippen molar-refractivity contribution in [3.63, 3.8) is 0 Å². The molecule has 21 heavy (non-hydrogen) atoms. The van der Waals surface area contributed by atoms with Gasteiger partial charge in [0.05, 0.1) is 18.6 Å². The standard InChI is InChI=1S/C15H18N6/c1-9(2)12-13-15(20-10(3)19-12)21(8-18-13)7-11-5-4-6-17-14(11)16/h4-6,8-9H,7H2,1-3H3,(H2,16,17). The molecule has 3 rings (SSSR count). The van der Waals surface area contributed by atoms with Crippen LogP contribution < -0.4 is 5.73 Å². The van der Waals surface area contributed by atoms with E-state index in [1.165, 1.54) is 0 Å². The van der Waals surface area contributed by atoms with Crippen LogP contribution in [0.2, 0.25) is 0 Å². The van der Waals surface area contributed by atoms with E-state index in [-0.39, 0.29) is 0 Å². The highest BCUT2D eigenvalue weighted by Crippen LogP contribution is 2.22. The first-order valence-electron chi connectivity index (χ1n) is 6.95. The average Bonchev–Trinajstić information content (AvgIpc) is 2.83. The zero-order valence-electron chi connectivity index (χ0n) is 12.4. The molecule has 0 saturated carbocycles. The molecule has 0 aliphatic heterocycles. The first-order valence-corrected chi connectivity index (χ1v) is 6.95. The fourth-order valence-electron chi connectivity index (χ4n) is 2.37. The van der Waals surface area contributed by atoms with E-state index in [2.05, 4.69) is 33.8 Å². The van der Waals surface area contributed by atoms with Crippen molar-refractivity contribution in [1.82, 2.24) is 24.5 Å². The molecule has 0 radical (unpaired) electrons. The van der Waals surface area contributed by atoms with Crippen LogP contribution in [0, 0.1) is 6.92 Å². The third kappa shape index (κ3) is 2.44. The van der Waals surface area contributed by atoms with Crippen molar-refractivity contribution in [2.75, 3.05) is 5.73 Å². The Morgan fingerprint density at radius 1 is 1.24 bits per heavy atom. The molecule has 0 bridgehead atoms. The van der Waals surface area contributed by atoms with Gasteiger partial charge < -0.3 is 10.3 Å². The van der Waals surface area contributed by atoms with Crippen LogP contribution in [0.1, 0.15) is 36.8 Å². The molecule has 0 unspecified atom stereocenters. The van der Waals surface area contributed by atoms with Crippen molar-refractivity contribution in [1.29, 1.82) is 0 Å². The van der Waals surface area contributed by atoms with E-state index in [1.54, 1.807) is 12.5 Å². The molecule has 0 aromatic carbocycles. The number of imidazole rings is 1. The normalized spacial score (nSPS) is 11.4. The van der Waals surface area contributed by atoms with Gasteiger partial charge in [-0.2, -0.15) is 0 Å². The average molecular weight is 282 g/mol. The number of nitrogens with two attached hydrogens (primary N) is 1. The molecule has 0 atom stereocenters. The number of fused-ring (bicyclic) bond motifs is 1. The van der Waals surface area contributed by atoms with Gasteiger partial charge in [0.15, 0.2) is 5.65 Å². The summed E-state index contributed by atoms with van der Waals surface area (Å²) in [5, 5.41) is 0. The maximum absolute atomic E-state index is 5.91. The van der Waals surface area contributed by atoms with E-state index in [9.17, 15) is 0 Å². The van der Waals surface area contributed by atoms with Crippen LogP contribution >= 0.6 is 0 Å². The van der Waals surface area contributed by atoms with Gasteiger partial charge in [0.2, 0.25) is 0 Å². The highest BCUT2D eigenvalue weighted by molar-refractivity contribution is 5.74. The number of nitrogens with zero attached hydrogens (tertiary/aromatic N) is 5. The van der Waals surface area contributed by atoms with E-state index >= 15 is 0 Å². The fraction of sp³-hybridized carbons (Fsp3) is 0.333. The van der Waals surface area contributed by atoms with Crippen LogP contribution in [0.4, 0.5) is 5.82 Å². The maximum Gasteiger partial charge on any atom is 0.164 e. The van der Waals surface area contributed by atoms with Crippen molar-refractivity contribution in [3.05, 3.63) is 41.7 Å². The van der Waals surface area contributed by atoms with E-state index in [4.69, 9.17) is 5.73 Å². The van der Waals surface area contributed by atoms with Crippen LogP contribution in [-0.4, -0.2) is 24.5 Å². The van der Waals surface area contributed by atoms with E-state index in [1.807, 2.05) is 23.6 Å². The van der Waals surface area contributed by atoms with Gasteiger partial charge in [-0.15, -0.1) is 0 Å². The lowest BCUT2D eigenvalue weighted by molar-refractivity contribution is 0.795. The smallest absolute Gasteiger partial charge is 0.164 e. The number of anilines is 1. The third-order valence-electron chi connectivity index (χ3n) is 3.42. The summed E-state index contributed by atoms with van der Waals surface area (Å²) in [6.45, 7) is 6.73. The molecule has 0 fully saturated rings. The molecule has 6 nitrogen and oxygen atoms in total. The van der Waals surface area contributed by atoms with Gasteiger partial charge in [0.1, 0.15) is 17.2 Å². The quantitative estimate of drug-likeness (QED) is 0.797. The molecule has 0 aliphatic carbocycles. The van der Waals surface area contributed by atoms with Crippen molar-refractivity contribution in [2.24, 2.45) is 0 Å². The molecule has 3 aromatic rings. The van der Waals surface area contributed by atoms with Gasteiger partial charge >= 0.3 is 0 Å². The second-order valence-corrected chi connectivity index (χ2v) is 5.40. The van der Waals surface area contributed by atoms with Crippen LogP contribution in [0.3, 0.4) is 0 Å². The molecular formula is C15H18N6. The minimum absolute atomic E-state index is 0.306. The van der Waals surface area contributed by atoms with Crippen molar-refractivity contribution < 1.29 is 0 Å². The largest absolute Gasteiger partial charge is 0.383 e. The first-order chi connectivity index (χ1) is 10.1. The fourth-order valence-corrected chi connectivity index (χ4v) is 2.37. The van der Waals surface area contributed by atoms with Gasteiger partial charge in [-0.3, -0.25) is 0 Å². The molecule has 0 saturated heterocycles. The predicted octanol–water partition coefficient (Wildman–Crippen LogP) is 2.28. The van der Waals surface area contributed by atoms with Gasteiger partial charge in [-0.05, 0) is 18.9 Å². The molecule has 0 spiro atoms. The summed E-state index contributed by atoms with van der Waals surface area (Å²) in [4.78, 5) is 17.6. The number of hydrogen-bond donors (Lipinski definition) is 1. The zero-order chi connectivity index (χ0) is 15.0. The summed E-state index contributed by atoms with van der Waals surface area (Å²) in [6, 6.07) is 3.84. The number of aromatic nitrogens is 5. The number of hydrogen-bond acceptors (Lipinski definition) is 5. The minimum Gasteiger partial charge on any atom is -0.383 e. The molecule has 2 N–H and O–H groups in total. The van der Waals surface area contributed by atoms with Gasteiger partial charge in [0, 0.05) is 11.8 Å². The highest BCUT2D eigenvalue weighted by atomic mass is 15.1. The SMILES string of the molecule is Cc1nc(C(C)C)c2ncn(Cc3cccnc3N)c2n1.